The first kappa shape index (κ1) is 32.8. The third-order valence-corrected chi connectivity index (χ3v) is 7.72. The number of furan rings is 1. The van der Waals surface area contributed by atoms with Gasteiger partial charge >= 0.3 is 24.3 Å². The Hall–Kier alpha value is -3.66. The molecule has 1 unspecified atom stereocenters. The topological polar surface area (TPSA) is 136 Å². The lowest BCUT2D eigenvalue weighted by Crippen LogP contribution is -2.52. The van der Waals surface area contributed by atoms with Crippen LogP contribution in [0.25, 0.3) is 0 Å². The highest BCUT2D eigenvalue weighted by Gasteiger charge is 2.63. The zero-order valence-corrected chi connectivity index (χ0v) is 22.2. The van der Waals surface area contributed by atoms with Gasteiger partial charge in [-0.2, -0.15) is 26.3 Å². The number of carbonyl (C=O) groups excluding carboxylic acids is 1. The number of aromatic nitrogens is 1. The summed E-state index contributed by atoms with van der Waals surface area (Å²) in [4.78, 5) is 40.1. The number of fused-ring (bicyclic) bond motifs is 1. The number of halogens is 6. The van der Waals surface area contributed by atoms with E-state index in [1.54, 1.807) is 6.26 Å². The van der Waals surface area contributed by atoms with Gasteiger partial charge < -0.3 is 19.9 Å². The molecule has 2 spiro atoms. The van der Waals surface area contributed by atoms with Crippen LogP contribution in [-0.2, 0) is 27.5 Å². The van der Waals surface area contributed by atoms with Crippen molar-refractivity contribution in [3.63, 3.8) is 0 Å². The summed E-state index contributed by atoms with van der Waals surface area (Å²) in [6, 6.07) is 6.17. The van der Waals surface area contributed by atoms with Crippen molar-refractivity contribution in [3.8, 4) is 0 Å². The van der Waals surface area contributed by atoms with Gasteiger partial charge in [0.15, 0.2) is 0 Å². The molecule has 1 amide bonds. The number of nitrogens with one attached hydrogen (secondary N) is 1. The molecular formula is C26H30F6N4O6. The molecule has 2 aromatic rings. The first-order valence-corrected chi connectivity index (χ1v) is 12.8. The summed E-state index contributed by atoms with van der Waals surface area (Å²) in [5.74, 6) is -5.23. The molecule has 2 aromatic heterocycles. The van der Waals surface area contributed by atoms with E-state index in [-0.39, 0.29) is 16.7 Å². The highest BCUT2D eigenvalue weighted by Crippen LogP contribution is 2.56. The van der Waals surface area contributed by atoms with Crippen LogP contribution in [-0.4, -0.2) is 87.9 Å². The van der Waals surface area contributed by atoms with Crippen molar-refractivity contribution in [3.05, 3.63) is 54.2 Å². The number of hydrogen-bond acceptors (Lipinski definition) is 7. The summed E-state index contributed by atoms with van der Waals surface area (Å²) in [6.07, 6.45) is 0.310. The van der Waals surface area contributed by atoms with E-state index < -0.39 is 24.3 Å². The van der Waals surface area contributed by atoms with Crippen LogP contribution >= 0.6 is 0 Å². The molecule has 3 N–H and O–H groups in total. The van der Waals surface area contributed by atoms with Crippen molar-refractivity contribution in [1.82, 2.24) is 20.1 Å². The van der Waals surface area contributed by atoms with Crippen molar-refractivity contribution >= 4 is 17.8 Å². The highest BCUT2D eigenvalue weighted by molar-refractivity contribution is 5.86. The van der Waals surface area contributed by atoms with Gasteiger partial charge in [-0.15, -0.1) is 0 Å². The van der Waals surface area contributed by atoms with Crippen molar-refractivity contribution in [2.45, 2.75) is 44.7 Å². The number of carboxylic acids is 2. The lowest BCUT2D eigenvalue weighted by molar-refractivity contribution is -0.193. The molecule has 0 radical (unpaired) electrons. The van der Waals surface area contributed by atoms with E-state index in [9.17, 15) is 31.1 Å². The van der Waals surface area contributed by atoms with Gasteiger partial charge in [0.05, 0.1) is 17.9 Å². The van der Waals surface area contributed by atoms with E-state index >= 15 is 0 Å². The van der Waals surface area contributed by atoms with Crippen molar-refractivity contribution in [2.24, 2.45) is 10.8 Å². The number of carboxylic acid groups (broad SMARTS) is 2. The van der Waals surface area contributed by atoms with E-state index in [0.29, 0.717) is 0 Å². The van der Waals surface area contributed by atoms with E-state index in [0.717, 1.165) is 65.1 Å². The molecule has 3 aliphatic rings. The van der Waals surface area contributed by atoms with Crippen molar-refractivity contribution in [1.29, 1.82) is 0 Å². The summed E-state index contributed by atoms with van der Waals surface area (Å²) in [6.45, 7) is 6.60. The maximum atomic E-state index is 13.0. The molecule has 232 valence electrons. The van der Waals surface area contributed by atoms with Crippen LogP contribution in [0.5, 0.6) is 0 Å². The highest BCUT2D eigenvalue weighted by atomic mass is 19.4. The fourth-order valence-electron chi connectivity index (χ4n) is 5.79. The van der Waals surface area contributed by atoms with E-state index in [1.807, 2.05) is 30.8 Å². The van der Waals surface area contributed by atoms with Crippen LogP contribution in [0.3, 0.4) is 0 Å². The Balaban J connectivity index is 0.000000289. The SMILES string of the molecule is O=C(O)C(F)(F)F.O=C(O)C(F)(F)F.O=C1NCCC12CN(Cc1cccnc1)CC21CCN(Cc2ccoc2)CC1. The number of piperidine rings is 1. The smallest absolute Gasteiger partial charge is 0.475 e. The van der Waals surface area contributed by atoms with E-state index in [1.165, 1.54) is 11.1 Å². The summed E-state index contributed by atoms with van der Waals surface area (Å²) >= 11 is 0. The Kier molecular flexibility index (Phi) is 10.3. The molecule has 3 fully saturated rings. The predicted octanol–water partition coefficient (Wildman–Crippen LogP) is 3.55. The molecule has 0 bridgehead atoms. The molecule has 3 saturated heterocycles. The Labute approximate surface area is 236 Å². The zero-order chi connectivity index (χ0) is 31.2. The van der Waals surface area contributed by atoms with Crippen LogP contribution in [0.1, 0.15) is 30.4 Å². The van der Waals surface area contributed by atoms with Crippen LogP contribution in [0, 0.1) is 10.8 Å². The maximum Gasteiger partial charge on any atom is 0.490 e. The molecule has 10 nitrogen and oxygen atoms in total. The van der Waals surface area contributed by atoms with Gasteiger partial charge in [0.1, 0.15) is 0 Å². The first-order chi connectivity index (χ1) is 19.6. The number of amides is 1. The Morgan fingerprint density at radius 3 is 1.98 bits per heavy atom. The predicted molar refractivity (Wildman–Crippen MR) is 133 cm³/mol. The van der Waals surface area contributed by atoms with Gasteiger partial charge in [-0.25, -0.2) is 9.59 Å². The number of carbonyl (C=O) groups is 3. The number of nitrogens with zero attached hydrogens (tertiary/aromatic N) is 3. The largest absolute Gasteiger partial charge is 0.490 e. The standard InChI is InChI=1S/C22H28N4O2.2C2HF3O2/c27-20-22(4-8-24-20)17-26(13-18-2-1-7-23-12-18)16-21(22)5-9-25(10-6-21)14-19-3-11-28-15-19;2*3-2(4,5)1(6)7/h1-3,7,11-12,15H,4-6,8-10,13-14,16-17H2,(H,24,27);2*(H,6,7). The second-order valence-corrected chi connectivity index (χ2v) is 10.4. The lowest BCUT2D eigenvalue weighted by atomic mass is 9.60. The number of pyridine rings is 1. The minimum Gasteiger partial charge on any atom is -0.475 e. The number of rotatable bonds is 4. The minimum absolute atomic E-state index is 0.0860. The average Bonchev–Trinajstić information content (AvgIpc) is 3.62. The first-order valence-electron chi connectivity index (χ1n) is 12.8. The molecule has 42 heavy (non-hydrogen) atoms. The monoisotopic (exact) mass is 608 g/mol. The third kappa shape index (κ3) is 8.00. The molecule has 5 heterocycles. The molecule has 5 rings (SSSR count). The van der Waals surface area contributed by atoms with Crippen LogP contribution in [0.4, 0.5) is 26.3 Å². The third-order valence-electron chi connectivity index (χ3n) is 7.72. The molecule has 16 heteroatoms. The van der Waals surface area contributed by atoms with Gasteiger partial charge in [-0.3, -0.25) is 19.6 Å². The molecule has 3 aliphatic heterocycles. The number of alkyl halides is 6. The second-order valence-electron chi connectivity index (χ2n) is 10.4. The quantitative estimate of drug-likeness (QED) is 0.446. The second kappa shape index (κ2) is 13.1. The summed E-state index contributed by atoms with van der Waals surface area (Å²) in [5.41, 5.74) is 2.32. The average molecular weight is 609 g/mol. The van der Waals surface area contributed by atoms with E-state index in [2.05, 4.69) is 26.2 Å². The van der Waals surface area contributed by atoms with Gasteiger partial charge in [-0.1, -0.05) is 6.07 Å². The van der Waals surface area contributed by atoms with Crippen molar-refractivity contribution < 1.29 is 55.4 Å². The van der Waals surface area contributed by atoms with Crippen LogP contribution in [0.15, 0.2) is 47.5 Å². The Morgan fingerprint density at radius 1 is 0.929 bits per heavy atom. The zero-order valence-electron chi connectivity index (χ0n) is 22.2. The summed E-state index contributed by atoms with van der Waals surface area (Å²) in [7, 11) is 0. The van der Waals surface area contributed by atoms with Gasteiger partial charge in [0, 0.05) is 56.1 Å². The maximum absolute atomic E-state index is 13.0. The van der Waals surface area contributed by atoms with Gasteiger partial charge in [0.2, 0.25) is 5.91 Å². The number of hydrogen-bond donors (Lipinski definition) is 3. The Morgan fingerprint density at radius 2 is 1.52 bits per heavy atom. The number of aliphatic carboxylic acids is 2. The van der Waals surface area contributed by atoms with Gasteiger partial charge in [-0.05, 0) is 50.0 Å². The number of likely N-dealkylation sites (tertiary alicyclic amines) is 2. The summed E-state index contributed by atoms with van der Waals surface area (Å²) < 4.78 is 68.7. The molecular weight excluding hydrogens is 578 g/mol. The van der Waals surface area contributed by atoms with Crippen molar-refractivity contribution in [2.75, 3.05) is 32.7 Å². The molecule has 0 saturated carbocycles. The van der Waals surface area contributed by atoms with Gasteiger partial charge in [0.25, 0.3) is 0 Å². The summed E-state index contributed by atoms with van der Waals surface area (Å²) in [5, 5.41) is 17.4. The minimum atomic E-state index is -5.08. The molecule has 0 aliphatic carbocycles. The normalized spacial score (nSPS) is 22.2. The lowest BCUT2D eigenvalue weighted by Gasteiger charge is -2.46. The molecule has 0 aromatic carbocycles. The molecule has 1 atom stereocenters. The van der Waals surface area contributed by atoms with Crippen LogP contribution in [0.2, 0.25) is 0 Å². The van der Waals surface area contributed by atoms with Crippen LogP contribution < -0.4 is 5.32 Å². The Bertz CT molecular complexity index is 1180. The van der Waals surface area contributed by atoms with E-state index in [4.69, 9.17) is 24.2 Å². The fourth-order valence-corrected chi connectivity index (χ4v) is 5.79. The fraction of sp³-hybridized carbons (Fsp3) is 0.538.